The molecule has 0 saturated heterocycles. The van der Waals surface area contributed by atoms with Crippen LogP contribution in [-0.2, 0) is 9.47 Å². The van der Waals surface area contributed by atoms with Gasteiger partial charge in [0, 0.05) is 14.2 Å². The summed E-state index contributed by atoms with van der Waals surface area (Å²) in [5.74, 6) is 0.0879. The molecule has 0 saturated carbocycles. The first-order valence-electron chi connectivity index (χ1n) is 3.22. The second kappa shape index (κ2) is 6.26. The molecule has 0 N–H and O–H groups in total. The fourth-order valence-corrected chi connectivity index (χ4v) is 1.58. The molecule has 9 heavy (non-hydrogen) atoms. The zero-order chi connectivity index (χ0) is 7.11. The van der Waals surface area contributed by atoms with Crippen molar-refractivity contribution in [1.29, 1.82) is 0 Å². The molecule has 0 aromatic heterocycles. The van der Waals surface area contributed by atoms with E-state index in [2.05, 4.69) is 13.0 Å². The average Bonchev–Trinajstić information content (AvgIpc) is 1.91. The highest BCUT2D eigenvalue weighted by Crippen LogP contribution is 1.91. The lowest BCUT2D eigenvalue weighted by molar-refractivity contribution is -0.0434. The summed E-state index contributed by atoms with van der Waals surface area (Å²) in [6.45, 7) is 2.13. The highest BCUT2D eigenvalue weighted by molar-refractivity contribution is 6.41. The van der Waals surface area contributed by atoms with Gasteiger partial charge in [0.25, 0.3) is 0 Å². The molecule has 0 aliphatic rings. The van der Waals surface area contributed by atoms with Gasteiger partial charge in [-0.25, -0.2) is 0 Å². The topological polar surface area (TPSA) is 18.5 Å². The van der Waals surface area contributed by atoms with Crippen LogP contribution in [0.4, 0.5) is 0 Å². The molecule has 0 atom stereocenters. The number of methoxy groups -OCH3 is 2. The van der Waals surface area contributed by atoms with E-state index in [-0.39, 0.29) is 15.4 Å². The molecule has 0 fully saturated rings. The van der Waals surface area contributed by atoms with Gasteiger partial charge in [0.2, 0.25) is 0 Å². The second-order valence-corrected chi connectivity index (χ2v) is 3.55. The van der Waals surface area contributed by atoms with Crippen LogP contribution in [0.1, 0.15) is 13.3 Å². The minimum Gasteiger partial charge on any atom is -0.360 e. The minimum atomic E-state index is -0.244. The van der Waals surface area contributed by atoms with Crippen LogP contribution in [0.5, 0.6) is 0 Å². The lowest BCUT2D eigenvalue weighted by atomic mass is 10.6. The summed E-state index contributed by atoms with van der Waals surface area (Å²) in [5, 5.41) is 0. The van der Waals surface area contributed by atoms with Gasteiger partial charge in [-0.3, -0.25) is 0 Å². The van der Waals surface area contributed by atoms with E-state index in [0.29, 0.717) is 0 Å². The van der Waals surface area contributed by atoms with Crippen molar-refractivity contribution in [3.8, 4) is 0 Å². The molecule has 0 bridgehead atoms. The van der Waals surface area contributed by atoms with E-state index in [4.69, 9.17) is 9.47 Å². The molecule has 2 nitrogen and oxygen atoms in total. The third-order valence-corrected chi connectivity index (χ3v) is 3.14. The van der Waals surface area contributed by atoms with Crippen molar-refractivity contribution in [2.45, 2.75) is 19.3 Å². The lowest BCUT2D eigenvalue weighted by Gasteiger charge is -2.10. The quantitative estimate of drug-likeness (QED) is 0.411. The molecule has 0 aliphatic heterocycles. The number of rotatable bonds is 5. The van der Waals surface area contributed by atoms with Gasteiger partial charge >= 0.3 is 0 Å². The first-order valence-corrected chi connectivity index (χ1v) is 4.85. The van der Waals surface area contributed by atoms with Gasteiger partial charge in [0.05, 0.1) is 9.52 Å². The van der Waals surface area contributed by atoms with Gasteiger partial charge in [-0.2, -0.15) is 0 Å². The summed E-state index contributed by atoms with van der Waals surface area (Å²) in [4.78, 5) is 0. The standard InChI is InChI=1S/C6H15O2Si/c1-4-5-9-6(7-2)8-3/h5-6H,4,9H2,1-3H3. The lowest BCUT2D eigenvalue weighted by Crippen LogP contribution is -2.21. The predicted octanol–water partition coefficient (Wildman–Crippen LogP) is 0.303. The highest BCUT2D eigenvalue weighted by Gasteiger charge is 2.02. The number of ether oxygens (including phenoxy) is 2. The van der Waals surface area contributed by atoms with Gasteiger partial charge in [-0.15, -0.1) is 0 Å². The van der Waals surface area contributed by atoms with Crippen LogP contribution in [0.2, 0.25) is 0 Å². The zero-order valence-corrected chi connectivity index (χ0v) is 7.80. The Morgan fingerprint density at radius 1 is 1.44 bits per heavy atom. The summed E-state index contributed by atoms with van der Waals surface area (Å²) < 4.78 is 10.0. The fourth-order valence-electron chi connectivity index (χ4n) is 0.591. The zero-order valence-electron chi connectivity index (χ0n) is 6.39. The minimum absolute atomic E-state index is 0.0879. The normalized spacial score (nSPS) is 12.0. The molecule has 0 rings (SSSR count). The van der Waals surface area contributed by atoms with Gasteiger partial charge in [-0.1, -0.05) is 13.3 Å². The second-order valence-electron chi connectivity index (χ2n) is 1.83. The third-order valence-electron chi connectivity index (χ3n) is 1.17. The fraction of sp³-hybridized carbons (Fsp3) is 0.833. The van der Waals surface area contributed by atoms with E-state index in [1.807, 2.05) is 0 Å². The largest absolute Gasteiger partial charge is 0.360 e. The maximum atomic E-state index is 5.01. The first kappa shape index (κ1) is 9.14. The SMILES string of the molecule is CC[CH][SiH2]C(OC)OC. The van der Waals surface area contributed by atoms with Gasteiger partial charge in [-0.05, 0) is 6.04 Å². The Hall–Kier alpha value is 0.137. The van der Waals surface area contributed by atoms with E-state index in [0.717, 1.165) is 6.42 Å². The molecule has 0 aromatic rings. The summed E-state index contributed by atoms with van der Waals surface area (Å²) >= 11 is 0. The number of hydrogen-bond donors (Lipinski definition) is 0. The Bertz CT molecular complexity index is 55.0. The molecule has 0 unspecified atom stereocenters. The Morgan fingerprint density at radius 3 is 2.33 bits per heavy atom. The highest BCUT2D eigenvalue weighted by atomic mass is 28.2. The Kier molecular flexibility index (Phi) is 6.35. The Morgan fingerprint density at radius 2 is 2.00 bits per heavy atom. The van der Waals surface area contributed by atoms with E-state index < -0.39 is 0 Å². The first-order chi connectivity index (χ1) is 4.35. The van der Waals surface area contributed by atoms with Crippen LogP contribution >= 0.6 is 0 Å². The molecular formula is C6H15O2Si. The van der Waals surface area contributed by atoms with E-state index in [9.17, 15) is 0 Å². The van der Waals surface area contributed by atoms with Gasteiger partial charge in [0.1, 0.15) is 5.91 Å². The van der Waals surface area contributed by atoms with Crippen molar-refractivity contribution >= 4 is 9.52 Å². The van der Waals surface area contributed by atoms with Crippen LogP contribution < -0.4 is 0 Å². The van der Waals surface area contributed by atoms with Crippen molar-refractivity contribution in [2.75, 3.05) is 14.2 Å². The monoisotopic (exact) mass is 147 g/mol. The van der Waals surface area contributed by atoms with Crippen molar-refractivity contribution in [1.82, 2.24) is 0 Å². The maximum Gasteiger partial charge on any atom is 0.134 e. The smallest absolute Gasteiger partial charge is 0.134 e. The average molecular weight is 147 g/mol. The van der Waals surface area contributed by atoms with E-state index in [1.54, 1.807) is 14.2 Å². The summed E-state index contributed by atoms with van der Waals surface area (Å²) in [7, 11) is 3.13. The molecule has 0 amide bonds. The molecule has 3 heteroatoms. The van der Waals surface area contributed by atoms with Crippen molar-refractivity contribution in [3.63, 3.8) is 0 Å². The Labute approximate surface area is 59.4 Å². The van der Waals surface area contributed by atoms with E-state index in [1.165, 1.54) is 0 Å². The maximum absolute atomic E-state index is 5.01. The molecule has 0 spiro atoms. The van der Waals surface area contributed by atoms with Crippen LogP contribution in [0.3, 0.4) is 0 Å². The Balaban J connectivity index is 3.09. The summed E-state index contributed by atoms with van der Waals surface area (Å²) in [6, 6.07) is 2.28. The predicted molar refractivity (Wildman–Crippen MR) is 40.9 cm³/mol. The molecule has 0 aromatic carbocycles. The van der Waals surface area contributed by atoms with Crippen LogP contribution in [0.15, 0.2) is 0 Å². The molecule has 1 radical (unpaired) electrons. The molecule has 0 aliphatic carbocycles. The van der Waals surface area contributed by atoms with Crippen LogP contribution in [0, 0.1) is 6.04 Å². The van der Waals surface area contributed by atoms with E-state index >= 15 is 0 Å². The molecular weight excluding hydrogens is 132 g/mol. The third kappa shape index (κ3) is 4.63. The summed E-state index contributed by atoms with van der Waals surface area (Å²) in [5.41, 5.74) is 0. The summed E-state index contributed by atoms with van der Waals surface area (Å²) in [6.07, 6.45) is 1.13. The van der Waals surface area contributed by atoms with Crippen LogP contribution in [-0.4, -0.2) is 29.7 Å². The van der Waals surface area contributed by atoms with Gasteiger partial charge < -0.3 is 9.47 Å². The van der Waals surface area contributed by atoms with Gasteiger partial charge in [0.15, 0.2) is 0 Å². The van der Waals surface area contributed by atoms with Crippen molar-refractivity contribution in [2.24, 2.45) is 0 Å². The van der Waals surface area contributed by atoms with Crippen molar-refractivity contribution < 1.29 is 9.47 Å². The van der Waals surface area contributed by atoms with Crippen LogP contribution in [0.25, 0.3) is 0 Å². The molecule has 55 valence electrons. The van der Waals surface area contributed by atoms with Crippen molar-refractivity contribution in [3.05, 3.63) is 6.04 Å². The molecule has 0 heterocycles. The number of hydrogen-bond acceptors (Lipinski definition) is 2.